The second kappa shape index (κ2) is 7.74. The topological polar surface area (TPSA) is 15.8 Å². The van der Waals surface area contributed by atoms with E-state index < -0.39 is 0 Å². The molecule has 9 atom stereocenters. The number of hydrogen-bond donors (Lipinski definition) is 1. The van der Waals surface area contributed by atoms with Gasteiger partial charge in [-0.2, -0.15) is 0 Å². The zero-order valence-corrected chi connectivity index (χ0v) is 25.8. The number of H-pyrrole nitrogens is 1. The molecule has 4 fully saturated rings. The highest BCUT2D eigenvalue weighted by molar-refractivity contribution is 6.31. The molecule has 1 aromatic heterocycles. The molecule has 0 amide bonds. The van der Waals surface area contributed by atoms with Crippen molar-refractivity contribution in [2.24, 2.45) is 51.2 Å². The average molecular weight is 532 g/mol. The van der Waals surface area contributed by atoms with E-state index in [9.17, 15) is 0 Å². The lowest BCUT2D eigenvalue weighted by molar-refractivity contribution is -0.223. The van der Waals surface area contributed by atoms with Gasteiger partial charge in [0.1, 0.15) is 0 Å². The molecule has 0 unspecified atom stereocenters. The summed E-state index contributed by atoms with van der Waals surface area (Å²) in [6.07, 6.45) is 12.4. The number of halogens is 1. The summed E-state index contributed by atoms with van der Waals surface area (Å²) in [4.78, 5) is 3.90. The van der Waals surface area contributed by atoms with Crippen LogP contribution in [0.15, 0.2) is 30.4 Å². The van der Waals surface area contributed by atoms with Crippen molar-refractivity contribution in [1.29, 1.82) is 0 Å². The fraction of sp³-hybridized carbons (Fsp3) is 0.722. The number of fused-ring (bicyclic) bond motifs is 10. The van der Waals surface area contributed by atoms with Crippen molar-refractivity contribution in [3.63, 3.8) is 0 Å². The number of hydrogen-bond acceptors (Lipinski definition) is 0. The summed E-state index contributed by atoms with van der Waals surface area (Å²) in [6.45, 7) is 22.9. The summed E-state index contributed by atoms with van der Waals surface area (Å²) in [5.74, 6) is 3.93. The third kappa shape index (κ3) is 2.96. The van der Waals surface area contributed by atoms with Gasteiger partial charge in [0.05, 0.1) is 0 Å². The Morgan fingerprint density at radius 1 is 0.895 bits per heavy atom. The lowest BCUT2D eigenvalue weighted by Crippen LogP contribution is -2.66. The second-order valence-electron chi connectivity index (χ2n) is 16.4. The number of nitrogens with one attached hydrogen (secondary N) is 1. The highest BCUT2D eigenvalue weighted by atomic mass is 35.5. The molecule has 1 N–H and O–H groups in total. The van der Waals surface area contributed by atoms with Gasteiger partial charge in [-0.15, -0.1) is 0 Å². The Labute approximate surface area is 236 Å². The maximum Gasteiger partial charge on any atom is 0.0460 e. The van der Waals surface area contributed by atoms with Crippen LogP contribution < -0.4 is 0 Å². The van der Waals surface area contributed by atoms with Gasteiger partial charge in [-0.1, -0.05) is 65.3 Å². The Hall–Kier alpha value is -1.21. The number of rotatable bonds is 1. The summed E-state index contributed by atoms with van der Waals surface area (Å²) in [5.41, 5.74) is 7.62. The lowest BCUT2D eigenvalue weighted by Gasteiger charge is -2.72. The summed E-state index contributed by atoms with van der Waals surface area (Å²) < 4.78 is 0. The highest BCUT2D eigenvalue weighted by Crippen LogP contribution is 2.77. The van der Waals surface area contributed by atoms with Crippen LogP contribution in [-0.4, -0.2) is 4.98 Å². The molecule has 4 saturated carbocycles. The fourth-order valence-electron chi connectivity index (χ4n) is 12.8. The smallest absolute Gasteiger partial charge is 0.0460 e. The van der Waals surface area contributed by atoms with E-state index >= 15 is 0 Å². The van der Waals surface area contributed by atoms with Crippen molar-refractivity contribution in [2.75, 3.05) is 0 Å². The summed E-state index contributed by atoms with van der Waals surface area (Å²) >= 11 is 6.56. The maximum absolute atomic E-state index is 6.56. The molecule has 0 bridgehead atoms. The second-order valence-corrected chi connectivity index (χ2v) is 16.8. The monoisotopic (exact) mass is 531 g/mol. The molecule has 5 aliphatic carbocycles. The van der Waals surface area contributed by atoms with Gasteiger partial charge in [0.25, 0.3) is 0 Å². The first kappa shape index (κ1) is 25.7. The van der Waals surface area contributed by atoms with E-state index in [4.69, 9.17) is 11.6 Å². The van der Waals surface area contributed by atoms with Crippen LogP contribution in [0.4, 0.5) is 0 Å². The minimum atomic E-state index is 0.147. The third-order valence-electron chi connectivity index (χ3n) is 14.7. The molecule has 38 heavy (non-hydrogen) atoms. The Balaban J connectivity index is 1.33. The molecule has 2 aromatic rings. The van der Waals surface area contributed by atoms with Crippen molar-refractivity contribution >= 4 is 22.5 Å². The first-order valence-corrected chi connectivity index (χ1v) is 16.1. The fourth-order valence-corrected chi connectivity index (χ4v) is 13.0. The van der Waals surface area contributed by atoms with Crippen molar-refractivity contribution in [1.82, 2.24) is 4.98 Å². The Bertz CT molecular complexity index is 1330. The molecule has 1 aromatic carbocycles. The van der Waals surface area contributed by atoms with E-state index in [1.54, 1.807) is 5.56 Å². The van der Waals surface area contributed by atoms with Gasteiger partial charge in [0, 0.05) is 27.0 Å². The Kier molecular flexibility index (Phi) is 5.25. The first-order valence-electron chi connectivity index (χ1n) is 15.7. The Morgan fingerprint density at radius 3 is 2.39 bits per heavy atom. The van der Waals surface area contributed by atoms with Crippen molar-refractivity contribution < 1.29 is 0 Å². The van der Waals surface area contributed by atoms with Gasteiger partial charge < -0.3 is 4.98 Å². The molecule has 1 heterocycles. The molecule has 2 heteroatoms. The largest absolute Gasteiger partial charge is 0.358 e. The number of allylic oxidation sites excluding steroid dienone is 1. The first-order chi connectivity index (χ1) is 17.8. The lowest BCUT2D eigenvalue weighted by atomic mass is 9.32. The summed E-state index contributed by atoms with van der Waals surface area (Å²) in [7, 11) is 0. The molecule has 1 nitrogen and oxygen atoms in total. The molecule has 0 spiro atoms. The van der Waals surface area contributed by atoms with Crippen LogP contribution in [0.2, 0.25) is 5.02 Å². The number of benzene rings is 1. The summed E-state index contributed by atoms with van der Waals surface area (Å²) in [6, 6.07) is 6.48. The molecule has 0 aliphatic heterocycles. The van der Waals surface area contributed by atoms with E-state index in [2.05, 4.69) is 72.2 Å². The van der Waals surface area contributed by atoms with E-state index in [0.29, 0.717) is 27.6 Å². The van der Waals surface area contributed by atoms with Crippen LogP contribution in [-0.2, 0) is 11.8 Å². The van der Waals surface area contributed by atoms with Gasteiger partial charge in [-0.25, -0.2) is 0 Å². The Morgan fingerprint density at radius 2 is 1.66 bits per heavy atom. The van der Waals surface area contributed by atoms with Gasteiger partial charge >= 0.3 is 0 Å². The molecule has 0 saturated heterocycles. The van der Waals surface area contributed by atoms with Gasteiger partial charge in [0.15, 0.2) is 0 Å². The van der Waals surface area contributed by atoms with Gasteiger partial charge in [0.2, 0.25) is 0 Å². The minimum Gasteiger partial charge on any atom is -0.358 e. The van der Waals surface area contributed by atoms with Crippen molar-refractivity contribution in [3.05, 3.63) is 46.6 Å². The highest BCUT2D eigenvalue weighted by Gasteiger charge is 2.70. The normalized spacial score (nSPS) is 47.0. The summed E-state index contributed by atoms with van der Waals surface area (Å²) in [5, 5.41) is 2.23. The minimum absolute atomic E-state index is 0.147. The van der Waals surface area contributed by atoms with Crippen LogP contribution in [0.3, 0.4) is 0 Å². The third-order valence-corrected chi connectivity index (χ3v) is 14.9. The van der Waals surface area contributed by atoms with Crippen LogP contribution in [0, 0.1) is 51.2 Å². The SMILES string of the molecule is C=C(C)[C@@H]1CC[C@]2(C)CC[C@]3(C)[C@H](CC[C@@H]4[C@@]5(C)Cc6c([nH]c7ccc(Cl)cc67)C(C)(C)[C@@H]5CC[C@]43C)[C@@H]12. The van der Waals surface area contributed by atoms with Crippen molar-refractivity contribution in [2.45, 2.75) is 112 Å². The van der Waals surface area contributed by atoms with Crippen LogP contribution in [0.5, 0.6) is 0 Å². The van der Waals surface area contributed by atoms with Crippen LogP contribution >= 0.6 is 11.6 Å². The molecular formula is C36H50ClN. The van der Waals surface area contributed by atoms with E-state index in [1.807, 2.05) is 6.07 Å². The van der Waals surface area contributed by atoms with Crippen LogP contribution in [0.25, 0.3) is 10.9 Å². The zero-order valence-electron chi connectivity index (χ0n) is 25.1. The predicted octanol–water partition coefficient (Wildman–Crippen LogP) is 10.5. The van der Waals surface area contributed by atoms with E-state index in [0.717, 1.165) is 28.7 Å². The maximum atomic E-state index is 6.56. The number of aromatic amines is 1. The van der Waals surface area contributed by atoms with Crippen molar-refractivity contribution in [3.8, 4) is 0 Å². The van der Waals surface area contributed by atoms with E-state index in [-0.39, 0.29) is 5.41 Å². The molecule has 0 radical (unpaired) electrons. The molecule has 5 aliphatic rings. The molecular weight excluding hydrogens is 482 g/mol. The van der Waals surface area contributed by atoms with Crippen LogP contribution in [0.1, 0.15) is 111 Å². The van der Waals surface area contributed by atoms with Gasteiger partial charge in [-0.3, -0.25) is 0 Å². The van der Waals surface area contributed by atoms with E-state index in [1.165, 1.54) is 80.0 Å². The standard InChI is InChI=1S/C36H50ClN/c1-21(2)23-13-15-33(5)17-18-35(7)26(30(23)33)10-12-29-34(6)20-25-24-19-22(37)9-11-27(24)38-31(25)32(3,4)28(34)14-16-36(29,35)8/h9,11,19,23,26,28-30,38H,1,10,12-18,20H2,2-8H3/t23-,26+,28-,29+,30+,33+,34-,35+,36+/m0/s1. The number of aromatic nitrogens is 1. The average Bonchev–Trinajstić information content (AvgIpc) is 3.38. The zero-order chi connectivity index (χ0) is 27.0. The van der Waals surface area contributed by atoms with Gasteiger partial charge in [-0.05, 0) is 140 Å². The predicted molar refractivity (Wildman–Crippen MR) is 162 cm³/mol. The molecule has 7 rings (SSSR count). The molecule has 206 valence electrons. The quantitative estimate of drug-likeness (QED) is 0.352.